The van der Waals surface area contributed by atoms with E-state index in [0.717, 1.165) is 17.5 Å². The van der Waals surface area contributed by atoms with Gasteiger partial charge in [-0.2, -0.15) is 0 Å². The fraction of sp³-hybridized carbons (Fsp3) is 0.429. The Morgan fingerprint density at radius 2 is 1.82 bits per heavy atom. The van der Waals surface area contributed by atoms with Crippen molar-refractivity contribution in [2.75, 3.05) is 20.8 Å². The van der Waals surface area contributed by atoms with Crippen molar-refractivity contribution in [2.45, 2.75) is 32.9 Å². The van der Waals surface area contributed by atoms with E-state index in [-0.39, 0.29) is 23.5 Å². The van der Waals surface area contributed by atoms with Gasteiger partial charge in [0.15, 0.2) is 17.3 Å². The number of amides is 2. The van der Waals surface area contributed by atoms with E-state index >= 15 is 0 Å². The molecule has 0 spiro atoms. The lowest BCUT2D eigenvalue weighted by atomic mass is 9.96. The Labute approximate surface area is 164 Å². The number of ether oxygens (including phenoxy) is 2. The van der Waals surface area contributed by atoms with E-state index in [2.05, 4.69) is 5.32 Å². The highest BCUT2D eigenvalue weighted by molar-refractivity contribution is 5.95. The molecule has 1 aromatic heterocycles. The van der Waals surface area contributed by atoms with Crippen LogP contribution in [0.1, 0.15) is 35.5 Å². The summed E-state index contributed by atoms with van der Waals surface area (Å²) in [5.74, 6) is 0.975. The van der Waals surface area contributed by atoms with Gasteiger partial charge < -0.3 is 24.1 Å². The molecular weight excluding hydrogens is 360 g/mol. The van der Waals surface area contributed by atoms with Gasteiger partial charge in [0.1, 0.15) is 6.04 Å². The highest BCUT2D eigenvalue weighted by Gasteiger charge is 2.31. The topological polar surface area (TPSA) is 81.0 Å². The Hall–Kier alpha value is -2.96. The molecule has 7 nitrogen and oxygen atoms in total. The molecule has 3 rings (SSSR count). The first-order valence-corrected chi connectivity index (χ1v) is 9.31. The fourth-order valence-electron chi connectivity index (χ4n) is 3.40. The summed E-state index contributed by atoms with van der Waals surface area (Å²) < 4.78 is 15.9. The van der Waals surface area contributed by atoms with Gasteiger partial charge in [-0.05, 0) is 47.7 Å². The van der Waals surface area contributed by atoms with Crippen LogP contribution in [0, 0.1) is 5.92 Å². The molecule has 150 valence electrons. The van der Waals surface area contributed by atoms with Crippen molar-refractivity contribution in [1.29, 1.82) is 0 Å². The second-order valence-corrected chi connectivity index (χ2v) is 7.16. The molecule has 1 atom stereocenters. The molecule has 0 fully saturated rings. The van der Waals surface area contributed by atoms with Gasteiger partial charge in [0.05, 0.1) is 20.5 Å². The van der Waals surface area contributed by atoms with Gasteiger partial charge in [-0.15, -0.1) is 0 Å². The molecule has 1 aliphatic rings. The summed E-state index contributed by atoms with van der Waals surface area (Å²) in [7, 11) is 3.20. The van der Waals surface area contributed by atoms with Crippen LogP contribution in [-0.4, -0.2) is 43.5 Å². The molecule has 1 aromatic carbocycles. The van der Waals surface area contributed by atoms with Gasteiger partial charge in [-0.1, -0.05) is 13.8 Å². The highest BCUT2D eigenvalue weighted by atomic mass is 16.5. The van der Waals surface area contributed by atoms with Crippen LogP contribution in [0.4, 0.5) is 0 Å². The summed E-state index contributed by atoms with van der Waals surface area (Å²) >= 11 is 0. The van der Waals surface area contributed by atoms with E-state index < -0.39 is 6.04 Å². The third-order valence-corrected chi connectivity index (χ3v) is 4.99. The number of carbonyl (C=O) groups is 2. The van der Waals surface area contributed by atoms with Crippen LogP contribution in [-0.2, 0) is 17.8 Å². The number of hydrogen-bond acceptors (Lipinski definition) is 5. The number of rotatable bonds is 6. The molecule has 2 aromatic rings. The van der Waals surface area contributed by atoms with Crippen molar-refractivity contribution >= 4 is 11.8 Å². The summed E-state index contributed by atoms with van der Waals surface area (Å²) in [5, 5.41) is 2.81. The zero-order chi connectivity index (χ0) is 20.3. The second kappa shape index (κ2) is 8.37. The molecule has 1 N–H and O–H groups in total. The van der Waals surface area contributed by atoms with E-state index in [1.54, 1.807) is 31.3 Å². The third-order valence-electron chi connectivity index (χ3n) is 4.99. The van der Waals surface area contributed by atoms with Crippen LogP contribution in [0.15, 0.2) is 34.9 Å². The lowest BCUT2D eigenvalue weighted by Gasteiger charge is -2.33. The first kappa shape index (κ1) is 19.8. The number of carbonyl (C=O) groups excluding carboxylic acids is 2. The molecule has 1 aliphatic heterocycles. The Bertz CT molecular complexity index is 845. The highest BCUT2D eigenvalue weighted by Crippen LogP contribution is 2.33. The maximum atomic E-state index is 13.2. The van der Waals surface area contributed by atoms with E-state index in [9.17, 15) is 9.59 Å². The van der Waals surface area contributed by atoms with Crippen LogP contribution >= 0.6 is 0 Å². The predicted octanol–water partition coefficient (Wildman–Crippen LogP) is 2.64. The van der Waals surface area contributed by atoms with Crippen molar-refractivity contribution in [1.82, 2.24) is 10.2 Å². The maximum Gasteiger partial charge on any atom is 0.287 e. The predicted molar refractivity (Wildman–Crippen MR) is 103 cm³/mol. The molecule has 2 amide bonds. The minimum Gasteiger partial charge on any atom is -0.493 e. The summed E-state index contributed by atoms with van der Waals surface area (Å²) in [6.45, 7) is 4.88. The lowest BCUT2D eigenvalue weighted by Crippen LogP contribution is -2.52. The molecule has 28 heavy (non-hydrogen) atoms. The number of hydrogen-bond donors (Lipinski definition) is 1. The summed E-state index contributed by atoms with van der Waals surface area (Å²) in [6, 6.07) is 6.48. The standard InChI is InChI=1S/C21H26N2O5/c1-13(2)19(22-20(24)16-6-5-9-28-16)21(25)23-8-7-14-10-17(26-3)18(27-4)11-15(14)12-23/h5-6,9-11,13,19H,7-8,12H2,1-4H3,(H,22,24). The van der Waals surface area contributed by atoms with Crippen LogP contribution in [0.5, 0.6) is 11.5 Å². The first-order valence-electron chi connectivity index (χ1n) is 9.31. The zero-order valence-corrected chi connectivity index (χ0v) is 16.7. The minimum atomic E-state index is -0.626. The molecule has 1 unspecified atom stereocenters. The molecule has 2 heterocycles. The quantitative estimate of drug-likeness (QED) is 0.825. The van der Waals surface area contributed by atoms with E-state index in [1.165, 1.54) is 6.26 Å². The average molecular weight is 386 g/mol. The average Bonchev–Trinajstić information content (AvgIpc) is 3.24. The summed E-state index contributed by atoms with van der Waals surface area (Å²) in [5.41, 5.74) is 2.17. The fourth-order valence-corrected chi connectivity index (χ4v) is 3.40. The van der Waals surface area contributed by atoms with Gasteiger partial charge in [0, 0.05) is 13.1 Å². The molecule has 7 heteroatoms. The van der Waals surface area contributed by atoms with Gasteiger partial charge >= 0.3 is 0 Å². The smallest absolute Gasteiger partial charge is 0.287 e. The number of furan rings is 1. The van der Waals surface area contributed by atoms with Crippen LogP contribution in [0.25, 0.3) is 0 Å². The number of nitrogens with zero attached hydrogens (tertiary/aromatic N) is 1. The van der Waals surface area contributed by atoms with Crippen LogP contribution in [0.3, 0.4) is 0 Å². The van der Waals surface area contributed by atoms with Gasteiger partial charge in [0.25, 0.3) is 5.91 Å². The summed E-state index contributed by atoms with van der Waals surface area (Å²) in [6.07, 6.45) is 2.16. The van der Waals surface area contributed by atoms with Gasteiger partial charge in [-0.25, -0.2) is 0 Å². The molecule has 0 radical (unpaired) electrons. The maximum absolute atomic E-state index is 13.2. The van der Waals surface area contributed by atoms with E-state index in [1.807, 2.05) is 26.0 Å². The normalized spacial score (nSPS) is 14.4. The number of methoxy groups -OCH3 is 2. The van der Waals surface area contributed by atoms with E-state index in [0.29, 0.717) is 24.6 Å². The number of nitrogens with one attached hydrogen (secondary N) is 1. The van der Waals surface area contributed by atoms with Gasteiger partial charge in [-0.3, -0.25) is 9.59 Å². The molecular formula is C21H26N2O5. The van der Waals surface area contributed by atoms with Crippen molar-refractivity contribution in [2.24, 2.45) is 5.92 Å². The largest absolute Gasteiger partial charge is 0.493 e. The Kier molecular flexibility index (Phi) is 5.92. The monoisotopic (exact) mass is 386 g/mol. The molecule has 0 bridgehead atoms. The van der Waals surface area contributed by atoms with Crippen LogP contribution in [0.2, 0.25) is 0 Å². The molecule has 0 aliphatic carbocycles. The second-order valence-electron chi connectivity index (χ2n) is 7.16. The van der Waals surface area contributed by atoms with Crippen molar-refractivity contribution in [3.8, 4) is 11.5 Å². The Morgan fingerprint density at radius 1 is 1.14 bits per heavy atom. The third kappa shape index (κ3) is 3.98. The molecule has 0 saturated carbocycles. The van der Waals surface area contributed by atoms with Crippen molar-refractivity contribution < 1.29 is 23.5 Å². The van der Waals surface area contributed by atoms with Crippen molar-refractivity contribution in [3.05, 3.63) is 47.4 Å². The lowest BCUT2D eigenvalue weighted by molar-refractivity contribution is -0.135. The number of benzene rings is 1. The van der Waals surface area contributed by atoms with E-state index in [4.69, 9.17) is 13.9 Å². The molecule has 0 saturated heterocycles. The Balaban J connectivity index is 1.77. The SMILES string of the molecule is COc1cc2c(cc1OC)CN(C(=O)C(NC(=O)c1ccco1)C(C)C)CC2. The Morgan fingerprint density at radius 3 is 2.39 bits per heavy atom. The minimum absolute atomic E-state index is 0.0572. The zero-order valence-electron chi connectivity index (χ0n) is 16.7. The first-order chi connectivity index (χ1) is 13.4. The van der Waals surface area contributed by atoms with Crippen LogP contribution < -0.4 is 14.8 Å². The summed E-state index contributed by atoms with van der Waals surface area (Å²) in [4.78, 5) is 27.3. The van der Waals surface area contributed by atoms with Gasteiger partial charge in [0.2, 0.25) is 5.91 Å². The van der Waals surface area contributed by atoms with Crippen molar-refractivity contribution in [3.63, 3.8) is 0 Å². The number of fused-ring (bicyclic) bond motifs is 1.